The van der Waals surface area contributed by atoms with E-state index in [2.05, 4.69) is 0 Å². The monoisotopic (exact) mass is 330 g/mol. The predicted octanol–water partition coefficient (Wildman–Crippen LogP) is 3.88. The van der Waals surface area contributed by atoms with Crippen LogP contribution in [0.4, 0.5) is 0 Å². The number of ketones is 3. The summed E-state index contributed by atoms with van der Waals surface area (Å²) in [4.78, 5) is 38.4. The fraction of sp³-hybridized carbons (Fsp3) is 0. The van der Waals surface area contributed by atoms with Crippen LogP contribution in [0.15, 0.2) is 34.3 Å². The largest absolute Gasteiger partial charge is 0.288 e. The maximum absolute atomic E-state index is 12.4. The normalized spacial score (nSPS) is 13.1. The molecule has 4 rings (SSSR count). The summed E-state index contributed by atoms with van der Waals surface area (Å²) < 4.78 is 0. The maximum atomic E-state index is 12.4. The second-order valence-corrected chi connectivity index (χ2v) is 7.26. The molecule has 0 spiro atoms. The summed E-state index contributed by atoms with van der Waals surface area (Å²) in [6.45, 7) is 0. The van der Waals surface area contributed by atoms with Gasteiger partial charge in [0.05, 0.1) is 14.6 Å². The van der Waals surface area contributed by atoms with Gasteiger partial charge in [0.15, 0.2) is 0 Å². The molecule has 21 heavy (non-hydrogen) atoms. The van der Waals surface area contributed by atoms with Crippen molar-refractivity contribution in [1.82, 2.24) is 0 Å². The zero-order valence-electron chi connectivity index (χ0n) is 10.4. The predicted molar refractivity (Wildman–Crippen MR) is 83.3 cm³/mol. The molecule has 0 saturated carbocycles. The quantitative estimate of drug-likeness (QED) is 0.524. The molecule has 3 aromatic heterocycles. The number of hydrogen-bond acceptors (Lipinski definition) is 6. The van der Waals surface area contributed by atoms with Gasteiger partial charge in [0.25, 0.3) is 0 Å². The molecule has 3 heterocycles. The van der Waals surface area contributed by atoms with Crippen LogP contribution in [0, 0.1) is 0 Å². The molecule has 0 unspecified atom stereocenters. The van der Waals surface area contributed by atoms with Crippen molar-refractivity contribution in [3.05, 3.63) is 65.7 Å². The smallest absolute Gasteiger partial charge is 0.205 e. The maximum Gasteiger partial charge on any atom is 0.205 e. The molecule has 6 heteroatoms. The topological polar surface area (TPSA) is 51.2 Å². The van der Waals surface area contributed by atoms with E-state index in [0.29, 0.717) is 31.3 Å². The summed E-state index contributed by atoms with van der Waals surface area (Å²) in [5, 5.41) is 5.34. The lowest BCUT2D eigenvalue weighted by Gasteiger charge is -2.08. The zero-order chi connectivity index (χ0) is 14.6. The molecule has 0 aromatic carbocycles. The van der Waals surface area contributed by atoms with E-state index < -0.39 is 0 Å². The highest BCUT2D eigenvalue weighted by Gasteiger charge is 2.34. The van der Waals surface area contributed by atoms with Crippen LogP contribution in [-0.4, -0.2) is 17.3 Å². The summed E-state index contributed by atoms with van der Waals surface area (Å²) in [5.41, 5.74) is 1.40. The van der Waals surface area contributed by atoms with Gasteiger partial charge in [-0.25, -0.2) is 0 Å². The van der Waals surface area contributed by atoms with Crippen molar-refractivity contribution >= 4 is 51.4 Å². The average molecular weight is 330 g/mol. The minimum Gasteiger partial charge on any atom is -0.288 e. The lowest BCUT2D eigenvalue weighted by molar-refractivity contribution is 0.0985. The van der Waals surface area contributed by atoms with Gasteiger partial charge in [-0.15, -0.1) is 22.7 Å². The van der Waals surface area contributed by atoms with Gasteiger partial charge < -0.3 is 0 Å². The minimum atomic E-state index is -0.157. The molecule has 0 saturated heterocycles. The van der Waals surface area contributed by atoms with E-state index in [-0.39, 0.29) is 17.3 Å². The fourth-order valence-electron chi connectivity index (χ4n) is 2.28. The van der Waals surface area contributed by atoms with Gasteiger partial charge in [-0.05, 0) is 29.0 Å². The number of hydrogen-bond donors (Lipinski definition) is 0. The Morgan fingerprint density at radius 3 is 2.52 bits per heavy atom. The third-order valence-electron chi connectivity index (χ3n) is 3.31. The molecule has 1 aliphatic rings. The first-order chi connectivity index (χ1) is 10.2. The van der Waals surface area contributed by atoms with Crippen LogP contribution in [-0.2, 0) is 0 Å². The van der Waals surface area contributed by atoms with E-state index in [9.17, 15) is 14.4 Å². The number of carbonyl (C=O) groups is 3. The van der Waals surface area contributed by atoms with Crippen LogP contribution in [0.3, 0.4) is 0 Å². The summed E-state index contributed by atoms with van der Waals surface area (Å²) in [5.74, 6) is -0.454. The highest BCUT2D eigenvalue weighted by Crippen LogP contribution is 2.36. The van der Waals surface area contributed by atoms with Gasteiger partial charge in [-0.1, -0.05) is 0 Å². The van der Waals surface area contributed by atoms with E-state index in [4.69, 9.17) is 0 Å². The first-order valence-electron chi connectivity index (χ1n) is 6.04. The van der Waals surface area contributed by atoms with Gasteiger partial charge in [0, 0.05) is 22.1 Å². The van der Waals surface area contributed by atoms with Crippen molar-refractivity contribution in [1.29, 1.82) is 0 Å². The Labute approximate surface area is 131 Å². The third-order valence-corrected chi connectivity index (χ3v) is 6.04. The number of fused-ring (bicyclic) bond motifs is 2. The zero-order valence-corrected chi connectivity index (χ0v) is 12.9. The average Bonchev–Trinajstić information content (AvgIpc) is 3.23. The van der Waals surface area contributed by atoms with Crippen LogP contribution < -0.4 is 0 Å². The molecular weight excluding hydrogens is 324 g/mol. The van der Waals surface area contributed by atoms with Crippen molar-refractivity contribution in [2.24, 2.45) is 0 Å². The fourth-order valence-corrected chi connectivity index (χ4v) is 4.84. The molecule has 0 radical (unpaired) electrons. The molecule has 0 amide bonds. The Kier molecular flexibility index (Phi) is 2.78. The Bertz CT molecular complexity index is 849. The molecule has 0 bridgehead atoms. The molecule has 0 aliphatic heterocycles. The lowest BCUT2D eigenvalue weighted by Crippen LogP contribution is -2.15. The van der Waals surface area contributed by atoms with Gasteiger partial charge in [0.2, 0.25) is 17.3 Å². The van der Waals surface area contributed by atoms with Crippen LogP contribution >= 0.6 is 34.0 Å². The molecule has 3 nitrogen and oxygen atoms in total. The van der Waals surface area contributed by atoms with Crippen molar-refractivity contribution in [3.8, 4) is 0 Å². The summed E-state index contributed by atoms with van der Waals surface area (Å²) in [6.07, 6.45) is 0. The second kappa shape index (κ2) is 4.56. The van der Waals surface area contributed by atoms with Crippen molar-refractivity contribution < 1.29 is 14.4 Å². The van der Waals surface area contributed by atoms with Crippen LogP contribution in [0.2, 0.25) is 0 Å². The van der Waals surface area contributed by atoms with Crippen molar-refractivity contribution in [3.63, 3.8) is 0 Å². The van der Waals surface area contributed by atoms with E-state index in [1.54, 1.807) is 29.0 Å². The van der Waals surface area contributed by atoms with Gasteiger partial charge in [0.1, 0.15) is 0 Å². The van der Waals surface area contributed by atoms with Gasteiger partial charge in [-0.2, -0.15) is 11.3 Å². The van der Waals surface area contributed by atoms with Gasteiger partial charge in [-0.3, -0.25) is 14.4 Å². The second-order valence-electron chi connectivity index (χ2n) is 4.52. The lowest BCUT2D eigenvalue weighted by atomic mass is 9.95. The van der Waals surface area contributed by atoms with Gasteiger partial charge >= 0.3 is 0 Å². The third kappa shape index (κ3) is 1.80. The molecule has 1 aliphatic carbocycles. The van der Waals surface area contributed by atoms with Crippen LogP contribution in [0.1, 0.15) is 45.7 Å². The standard InChI is InChI=1S/C15H6O3S3/c16-11(7-1-3-19-6-7)10-5-9-13(18)14-8(2-4-20-14)12(17)15(9)21-10/h1-6H. The van der Waals surface area contributed by atoms with E-state index in [0.717, 1.165) is 11.3 Å². The van der Waals surface area contributed by atoms with E-state index in [1.165, 1.54) is 22.7 Å². The molecular formula is C15H6O3S3. The number of carbonyl (C=O) groups excluding carboxylic acids is 3. The SMILES string of the molecule is O=C(c1ccsc1)c1cc2c(s1)C(=O)c1ccsc1C2=O. The molecule has 0 fully saturated rings. The van der Waals surface area contributed by atoms with Crippen molar-refractivity contribution in [2.75, 3.05) is 0 Å². The Balaban J connectivity index is 1.85. The molecule has 0 N–H and O–H groups in total. The first-order valence-corrected chi connectivity index (χ1v) is 8.68. The summed E-state index contributed by atoms with van der Waals surface area (Å²) in [7, 11) is 0. The number of rotatable bonds is 2. The number of thiophene rings is 3. The Morgan fingerprint density at radius 2 is 1.76 bits per heavy atom. The highest BCUT2D eigenvalue weighted by molar-refractivity contribution is 7.18. The summed E-state index contributed by atoms with van der Waals surface area (Å²) in [6, 6.07) is 4.97. The van der Waals surface area contributed by atoms with Crippen molar-refractivity contribution in [2.45, 2.75) is 0 Å². The summed E-state index contributed by atoms with van der Waals surface area (Å²) >= 11 is 3.82. The van der Waals surface area contributed by atoms with Crippen LogP contribution in [0.5, 0.6) is 0 Å². The Morgan fingerprint density at radius 1 is 0.952 bits per heavy atom. The molecule has 0 atom stereocenters. The van der Waals surface area contributed by atoms with E-state index in [1.807, 2.05) is 5.38 Å². The first kappa shape index (κ1) is 12.8. The highest BCUT2D eigenvalue weighted by atomic mass is 32.1. The molecule has 3 aromatic rings. The van der Waals surface area contributed by atoms with Crippen LogP contribution in [0.25, 0.3) is 0 Å². The Hall–Kier alpha value is -1.89. The minimum absolute atomic E-state index is 0.139. The van der Waals surface area contributed by atoms with E-state index >= 15 is 0 Å². The molecule has 102 valence electrons.